The number of anilines is 1. The highest BCUT2D eigenvalue weighted by atomic mass is 32.2. The van der Waals surface area contributed by atoms with Gasteiger partial charge in [-0.05, 0) is 43.4 Å². The van der Waals surface area contributed by atoms with Crippen LogP contribution in [0, 0.1) is 0 Å². The maximum Gasteiger partial charge on any atom is 0.229 e. The van der Waals surface area contributed by atoms with Gasteiger partial charge >= 0.3 is 0 Å². The Morgan fingerprint density at radius 1 is 1.20 bits per heavy atom. The van der Waals surface area contributed by atoms with Crippen molar-refractivity contribution < 1.29 is 12.9 Å². The average molecular weight is 362 g/mol. The molecule has 0 spiro atoms. The smallest absolute Gasteiger partial charge is 0.229 e. The molecule has 2 aliphatic rings. The molecule has 1 aromatic heterocycles. The summed E-state index contributed by atoms with van der Waals surface area (Å²) < 4.78 is 30.4. The number of hydrogen-bond donors (Lipinski definition) is 2. The van der Waals surface area contributed by atoms with Gasteiger partial charge in [0.15, 0.2) is 5.82 Å². The summed E-state index contributed by atoms with van der Waals surface area (Å²) in [5.41, 5.74) is 1.56. The Kier molecular flexibility index (Phi) is 4.24. The Balaban J connectivity index is 1.41. The van der Waals surface area contributed by atoms with Crippen LogP contribution in [0.2, 0.25) is 0 Å². The zero-order chi connectivity index (χ0) is 17.4. The van der Waals surface area contributed by atoms with Gasteiger partial charge in [0, 0.05) is 30.1 Å². The number of fused-ring (bicyclic) bond motifs is 2. The van der Waals surface area contributed by atoms with Gasteiger partial charge in [0.1, 0.15) is 0 Å². The van der Waals surface area contributed by atoms with Crippen LogP contribution in [0.25, 0.3) is 0 Å². The number of benzene rings is 1. The van der Waals surface area contributed by atoms with Crippen molar-refractivity contribution in [3.05, 3.63) is 41.5 Å². The van der Waals surface area contributed by atoms with Crippen LogP contribution >= 0.6 is 0 Å². The van der Waals surface area contributed by atoms with Crippen LogP contribution in [-0.4, -0.2) is 36.9 Å². The lowest BCUT2D eigenvalue weighted by atomic mass is 9.92. The topological polar surface area (TPSA) is 97.1 Å². The highest BCUT2D eigenvalue weighted by Gasteiger charge is 2.36. The fourth-order valence-corrected chi connectivity index (χ4v) is 4.42. The SMILES string of the molecule is CS(=O)(=O)Nc1ccc(Cc2noc(C3CC4CCC(C3)N4)n2)cc1. The van der Waals surface area contributed by atoms with Gasteiger partial charge in [-0.25, -0.2) is 8.42 Å². The maximum absolute atomic E-state index is 11.2. The van der Waals surface area contributed by atoms with Gasteiger partial charge in [0.25, 0.3) is 0 Å². The molecular formula is C17H22N4O3S. The Labute approximate surface area is 147 Å². The normalized spacial score (nSPS) is 25.9. The van der Waals surface area contributed by atoms with E-state index in [4.69, 9.17) is 4.52 Å². The molecule has 2 unspecified atom stereocenters. The quantitative estimate of drug-likeness (QED) is 0.845. The Morgan fingerprint density at radius 2 is 1.88 bits per heavy atom. The van der Waals surface area contributed by atoms with Crippen LogP contribution in [-0.2, 0) is 16.4 Å². The van der Waals surface area contributed by atoms with Crippen molar-refractivity contribution in [3.8, 4) is 0 Å². The maximum atomic E-state index is 11.2. The summed E-state index contributed by atoms with van der Waals surface area (Å²) in [6, 6.07) is 8.40. The molecule has 2 atom stereocenters. The van der Waals surface area contributed by atoms with Gasteiger partial charge in [-0.2, -0.15) is 4.98 Å². The molecule has 2 N–H and O–H groups in total. The molecule has 134 valence electrons. The zero-order valence-corrected chi connectivity index (χ0v) is 14.9. The molecule has 2 saturated heterocycles. The minimum absolute atomic E-state index is 0.362. The van der Waals surface area contributed by atoms with E-state index in [1.807, 2.05) is 12.1 Å². The average Bonchev–Trinajstić information content (AvgIpc) is 3.14. The highest BCUT2D eigenvalue weighted by Crippen LogP contribution is 2.36. The number of nitrogens with zero attached hydrogens (tertiary/aromatic N) is 2. The molecule has 3 heterocycles. The molecule has 2 aliphatic heterocycles. The van der Waals surface area contributed by atoms with Gasteiger partial charge in [-0.15, -0.1) is 0 Å². The van der Waals surface area contributed by atoms with E-state index in [1.54, 1.807) is 12.1 Å². The van der Waals surface area contributed by atoms with E-state index >= 15 is 0 Å². The minimum atomic E-state index is -3.26. The third-order valence-corrected chi connectivity index (χ3v) is 5.53. The first-order valence-corrected chi connectivity index (χ1v) is 10.5. The second-order valence-corrected chi connectivity index (χ2v) is 8.85. The van der Waals surface area contributed by atoms with E-state index in [-0.39, 0.29) is 0 Å². The van der Waals surface area contributed by atoms with Crippen molar-refractivity contribution >= 4 is 15.7 Å². The fraction of sp³-hybridized carbons (Fsp3) is 0.529. The number of nitrogens with one attached hydrogen (secondary N) is 2. The minimum Gasteiger partial charge on any atom is -0.339 e. The van der Waals surface area contributed by atoms with E-state index in [9.17, 15) is 8.42 Å². The molecule has 8 heteroatoms. The molecule has 1 aromatic carbocycles. The molecule has 25 heavy (non-hydrogen) atoms. The largest absolute Gasteiger partial charge is 0.339 e. The van der Waals surface area contributed by atoms with Crippen LogP contribution in [0.4, 0.5) is 5.69 Å². The molecule has 0 amide bonds. The van der Waals surface area contributed by atoms with Crippen LogP contribution in [0.3, 0.4) is 0 Å². The van der Waals surface area contributed by atoms with Gasteiger partial charge in [0.05, 0.1) is 6.26 Å². The summed E-state index contributed by atoms with van der Waals surface area (Å²) >= 11 is 0. The predicted molar refractivity (Wildman–Crippen MR) is 93.9 cm³/mol. The first-order valence-electron chi connectivity index (χ1n) is 8.60. The van der Waals surface area contributed by atoms with Crippen LogP contribution in [0.5, 0.6) is 0 Å². The number of rotatable bonds is 5. The van der Waals surface area contributed by atoms with Crippen LogP contribution in [0.1, 0.15) is 48.9 Å². The van der Waals surface area contributed by atoms with E-state index in [1.165, 1.54) is 12.8 Å². The third-order valence-electron chi connectivity index (χ3n) is 4.93. The fourth-order valence-electron chi connectivity index (χ4n) is 3.85. The predicted octanol–water partition coefficient (Wildman–Crippen LogP) is 2.03. The zero-order valence-electron chi connectivity index (χ0n) is 14.1. The van der Waals surface area contributed by atoms with Crippen LogP contribution in [0.15, 0.2) is 28.8 Å². The highest BCUT2D eigenvalue weighted by molar-refractivity contribution is 7.92. The molecule has 2 fully saturated rings. The Bertz CT molecular complexity index is 835. The standard InChI is InChI=1S/C17H22N4O3S/c1-25(22,23)21-13-4-2-11(3-5-13)8-16-19-17(24-20-16)12-9-14-6-7-15(10-12)18-14/h2-5,12,14-15,18,21H,6-10H2,1H3. The number of piperidine rings is 1. The van der Waals surface area contributed by atoms with Gasteiger partial charge in [-0.3, -0.25) is 4.72 Å². The summed E-state index contributed by atoms with van der Waals surface area (Å²) in [5.74, 6) is 1.79. The lowest BCUT2D eigenvalue weighted by Crippen LogP contribution is -2.37. The Hall–Kier alpha value is -1.93. The lowest BCUT2D eigenvalue weighted by molar-refractivity contribution is 0.286. The molecule has 0 radical (unpaired) electrons. The first-order chi connectivity index (χ1) is 11.9. The lowest BCUT2D eigenvalue weighted by Gasteiger charge is -2.26. The second-order valence-electron chi connectivity index (χ2n) is 7.10. The monoisotopic (exact) mass is 362 g/mol. The van der Waals surface area contributed by atoms with Gasteiger partial charge < -0.3 is 9.84 Å². The molecule has 2 aromatic rings. The molecule has 0 saturated carbocycles. The van der Waals surface area contributed by atoms with E-state index < -0.39 is 10.0 Å². The Morgan fingerprint density at radius 3 is 2.52 bits per heavy atom. The second kappa shape index (κ2) is 6.42. The van der Waals surface area contributed by atoms with Gasteiger partial charge in [-0.1, -0.05) is 17.3 Å². The number of hydrogen-bond acceptors (Lipinski definition) is 6. The summed E-state index contributed by atoms with van der Waals surface area (Å²) in [4.78, 5) is 4.59. The van der Waals surface area contributed by atoms with Gasteiger partial charge in [0.2, 0.25) is 15.9 Å². The summed E-state index contributed by atoms with van der Waals surface area (Å²) in [6.07, 6.45) is 6.34. The van der Waals surface area contributed by atoms with Crippen molar-refractivity contribution in [2.75, 3.05) is 11.0 Å². The van der Waals surface area contributed by atoms with Crippen molar-refractivity contribution in [1.29, 1.82) is 0 Å². The van der Waals surface area contributed by atoms with Crippen molar-refractivity contribution in [2.24, 2.45) is 0 Å². The molecular weight excluding hydrogens is 340 g/mol. The number of aromatic nitrogens is 2. The van der Waals surface area contributed by atoms with E-state index in [0.717, 1.165) is 30.6 Å². The molecule has 2 bridgehead atoms. The van der Waals surface area contributed by atoms with E-state index in [0.29, 0.717) is 35.9 Å². The summed E-state index contributed by atoms with van der Waals surface area (Å²) in [7, 11) is -3.26. The molecule has 4 rings (SSSR count). The summed E-state index contributed by atoms with van der Waals surface area (Å²) in [5, 5.41) is 7.74. The van der Waals surface area contributed by atoms with Crippen molar-refractivity contribution in [2.45, 2.75) is 50.1 Å². The van der Waals surface area contributed by atoms with E-state index in [2.05, 4.69) is 20.2 Å². The van der Waals surface area contributed by atoms with Crippen molar-refractivity contribution in [3.63, 3.8) is 0 Å². The third kappa shape index (κ3) is 4.01. The van der Waals surface area contributed by atoms with Crippen LogP contribution < -0.4 is 10.0 Å². The first kappa shape index (κ1) is 16.5. The molecule has 0 aliphatic carbocycles. The number of sulfonamides is 1. The summed E-state index contributed by atoms with van der Waals surface area (Å²) in [6.45, 7) is 0. The molecule has 7 nitrogen and oxygen atoms in total. The van der Waals surface area contributed by atoms with Crippen molar-refractivity contribution in [1.82, 2.24) is 15.5 Å².